The van der Waals surface area contributed by atoms with Crippen LogP contribution in [0.2, 0.25) is 0 Å². The van der Waals surface area contributed by atoms with Gasteiger partial charge < -0.3 is 19.9 Å². The number of carboxylic acids is 1. The molecule has 5 nitrogen and oxygen atoms in total. The Morgan fingerprint density at radius 3 is 2.39 bits per heavy atom. The van der Waals surface area contributed by atoms with E-state index in [0.717, 1.165) is 32.2 Å². The zero-order valence-electron chi connectivity index (χ0n) is 11.4. The van der Waals surface area contributed by atoms with E-state index in [4.69, 9.17) is 14.6 Å². The first-order chi connectivity index (χ1) is 8.62. The lowest BCUT2D eigenvalue weighted by molar-refractivity contribution is -0.140. The highest BCUT2D eigenvalue weighted by Gasteiger charge is 2.34. The number of hydrogen-bond donors (Lipinski definition) is 2. The molecular weight excluding hydrogens is 234 g/mol. The summed E-state index contributed by atoms with van der Waals surface area (Å²) in [6.07, 6.45) is 5.47. The molecule has 0 atom stereocenters. The van der Waals surface area contributed by atoms with Crippen molar-refractivity contribution in [3.8, 4) is 0 Å². The highest BCUT2D eigenvalue weighted by atomic mass is 16.7. The Morgan fingerprint density at radius 2 is 1.89 bits per heavy atom. The first-order valence-electron chi connectivity index (χ1n) is 6.60. The Kier molecular flexibility index (Phi) is 6.60. The molecule has 1 fully saturated rings. The average molecular weight is 259 g/mol. The molecule has 0 bridgehead atoms. The average Bonchev–Trinajstić information content (AvgIpc) is 2.35. The minimum Gasteiger partial charge on any atom is -0.481 e. The smallest absolute Gasteiger partial charge is 0.303 e. The standard InChI is InChI=1S/C13H25NO4/c1-17-12(18-2)9-14-10-13(8-11(15)16)6-4-3-5-7-13/h12,14H,3-10H2,1-2H3,(H,15,16). The van der Waals surface area contributed by atoms with Crippen LogP contribution in [0.3, 0.4) is 0 Å². The van der Waals surface area contributed by atoms with Crippen LogP contribution in [-0.2, 0) is 14.3 Å². The van der Waals surface area contributed by atoms with Gasteiger partial charge in [-0.15, -0.1) is 0 Å². The van der Waals surface area contributed by atoms with Gasteiger partial charge in [0.15, 0.2) is 6.29 Å². The van der Waals surface area contributed by atoms with Crippen LogP contribution in [0.15, 0.2) is 0 Å². The monoisotopic (exact) mass is 259 g/mol. The van der Waals surface area contributed by atoms with E-state index in [1.54, 1.807) is 14.2 Å². The van der Waals surface area contributed by atoms with E-state index in [1.807, 2.05) is 0 Å². The first-order valence-corrected chi connectivity index (χ1v) is 6.60. The van der Waals surface area contributed by atoms with E-state index in [2.05, 4.69) is 5.32 Å². The minimum atomic E-state index is -0.700. The highest BCUT2D eigenvalue weighted by Crippen LogP contribution is 2.38. The molecule has 0 aromatic heterocycles. The number of carboxylic acid groups (broad SMARTS) is 1. The fourth-order valence-electron chi connectivity index (χ4n) is 2.76. The molecule has 0 aromatic rings. The number of aliphatic carboxylic acids is 1. The summed E-state index contributed by atoms with van der Waals surface area (Å²) in [5, 5.41) is 12.3. The van der Waals surface area contributed by atoms with Gasteiger partial charge in [-0.2, -0.15) is 0 Å². The Balaban J connectivity index is 2.43. The van der Waals surface area contributed by atoms with Crippen LogP contribution in [0.25, 0.3) is 0 Å². The van der Waals surface area contributed by atoms with Crippen molar-refractivity contribution in [2.24, 2.45) is 5.41 Å². The number of methoxy groups -OCH3 is 2. The fraction of sp³-hybridized carbons (Fsp3) is 0.923. The molecule has 0 radical (unpaired) electrons. The summed E-state index contributed by atoms with van der Waals surface area (Å²) in [4.78, 5) is 11.0. The van der Waals surface area contributed by atoms with Crippen LogP contribution in [0.4, 0.5) is 0 Å². The van der Waals surface area contributed by atoms with Crippen LogP contribution in [0, 0.1) is 5.41 Å². The minimum absolute atomic E-state index is 0.0872. The molecule has 5 heteroatoms. The van der Waals surface area contributed by atoms with Gasteiger partial charge in [0.25, 0.3) is 0 Å². The number of carbonyl (C=O) groups is 1. The number of hydrogen-bond acceptors (Lipinski definition) is 4. The third kappa shape index (κ3) is 4.92. The van der Waals surface area contributed by atoms with E-state index in [0.29, 0.717) is 6.54 Å². The lowest BCUT2D eigenvalue weighted by atomic mass is 9.72. The van der Waals surface area contributed by atoms with Crippen LogP contribution < -0.4 is 5.32 Å². The topological polar surface area (TPSA) is 67.8 Å². The van der Waals surface area contributed by atoms with Gasteiger partial charge in [0.05, 0.1) is 6.42 Å². The SMILES string of the molecule is COC(CNCC1(CC(=O)O)CCCCC1)OC. The van der Waals surface area contributed by atoms with Crippen molar-refractivity contribution in [1.29, 1.82) is 0 Å². The molecule has 1 rings (SSSR count). The predicted molar refractivity (Wildman–Crippen MR) is 68.4 cm³/mol. The van der Waals surface area contributed by atoms with Gasteiger partial charge in [0.1, 0.15) is 0 Å². The number of rotatable bonds is 8. The molecular formula is C13H25NO4. The van der Waals surface area contributed by atoms with Crippen LogP contribution in [0.1, 0.15) is 38.5 Å². The molecule has 18 heavy (non-hydrogen) atoms. The molecule has 0 aromatic carbocycles. The second-order valence-electron chi connectivity index (χ2n) is 5.16. The van der Waals surface area contributed by atoms with Gasteiger partial charge in [-0.25, -0.2) is 0 Å². The molecule has 2 N–H and O–H groups in total. The molecule has 1 aliphatic rings. The molecule has 0 amide bonds. The lowest BCUT2D eigenvalue weighted by Gasteiger charge is -2.36. The molecule has 0 heterocycles. The van der Waals surface area contributed by atoms with Gasteiger partial charge in [-0.05, 0) is 18.3 Å². The van der Waals surface area contributed by atoms with Crippen molar-refractivity contribution in [3.05, 3.63) is 0 Å². The third-order valence-electron chi connectivity index (χ3n) is 3.78. The third-order valence-corrected chi connectivity index (χ3v) is 3.78. The van der Waals surface area contributed by atoms with Crippen molar-refractivity contribution in [3.63, 3.8) is 0 Å². The molecule has 106 valence electrons. The lowest BCUT2D eigenvalue weighted by Crippen LogP contribution is -2.41. The first kappa shape index (κ1) is 15.4. The van der Waals surface area contributed by atoms with Gasteiger partial charge in [0.2, 0.25) is 0 Å². The maximum atomic E-state index is 11.0. The van der Waals surface area contributed by atoms with E-state index in [-0.39, 0.29) is 18.1 Å². The maximum absolute atomic E-state index is 11.0. The summed E-state index contributed by atoms with van der Waals surface area (Å²) in [5.74, 6) is -0.700. The maximum Gasteiger partial charge on any atom is 0.303 e. The Morgan fingerprint density at radius 1 is 1.28 bits per heavy atom. The van der Waals surface area contributed by atoms with Crippen molar-refractivity contribution >= 4 is 5.97 Å². The second-order valence-corrected chi connectivity index (χ2v) is 5.16. The zero-order chi connectivity index (χ0) is 13.4. The second kappa shape index (κ2) is 7.71. The molecule has 1 saturated carbocycles. The molecule has 1 aliphatic carbocycles. The highest BCUT2D eigenvalue weighted by molar-refractivity contribution is 5.67. The fourth-order valence-corrected chi connectivity index (χ4v) is 2.76. The van der Waals surface area contributed by atoms with E-state index >= 15 is 0 Å². The summed E-state index contributed by atoms with van der Waals surface area (Å²) >= 11 is 0. The molecule has 0 aliphatic heterocycles. The van der Waals surface area contributed by atoms with Gasteiger partial charge in [-0.1, -0.05) is 19.3 Å². The molecule has 0 unspecified atom stereocenters. The predicted octanol–water partition coefficient (Wildman–Crippen LogP) is 1.62. The number of nitrogens with one attached hydrogen (secondary N) is 1. The Hall–Kier alpha value is -0.650. The summed E-state index contributed by atoms with van der Waals surface area (Å²) in [7, 11) is 3.20. The van der Waals surface area contributed by atoms with Crippen molar-refractivity contribution < 1.29 is 19.4 Å². The summed E-state index contributed by atoms with van der Waals surface area (Å²) in [6, 6.07) is 0. The van der Waals surface area contributed by atoms with E-state index < -0.39 is 5.97 Å². The summed E-state index contributed by atoms with van der Waals surface area (Å²) < 4.78 is 10.2. The van der Waals surface area contributed by atoms with E-state index in [9.17, 15) is 4.79 Å². The zero-order valence-corrected chi connectivity index (χ0v) is 11.4. The molecule has 0 spiro atoms. The van der Waals surface area contributed by atoms with Crippen molar-refractivity contribution in [1.82, 2.24) is 5.32 Å². The van der Waals surface area contributed by atoms with Crippen LogP contribution >= 0.6 is 0 Å². The number of ether oxygens (including phenoxy) is 2. The quantitative estimate of drug-likeness (QED) is 0.648. The van der Waals surface area contributed by atoms with Gasteiger partial charge in [0, 0.05) is 27.3 Å². The van der Waals surface area contributed by atoms with Crippen LogP contribution in [-0.4, -0.2) is 44.7 Å². The van der Waals surface area contributed by atoms with Crippen LogP contribution in [0.5, 0.6) is 0 Å². The normalized spacial score (nSPS) is 19.1. The summed E-state index contributed by atoms with van der Waals surface area (Å²) in [6.45, 7) is 1.32. The van der Waals surface area contributed by atoms with E-state index in [1.165, 1.54) is 6.42 Å². The summed E-state index contributed by atoms with van der Waals surface area (Å²) in [5.41, 5.74) is -0.0872. The Labute approximate surface area is 109 Å². The Bertz CT molecular complexity index is 247. The largest absolute Gasteiger partial charge is 0.481 e. The van der Waals surface area contributed by atoms with Gasteiger partial charge >= 0.3 is 5.97 Å². The van der Waals surface area contributed by atoms with Crippen molar-refractivity contribution in [2.75, 3.05) is 27.3 Å². The molecule has 0 saturated heterocycles. The van der Waals surface area contributed by atoms with Crippen molar-refractivity contribution in [2.45, 2.75) is 44.8 Å². The van der Waals surface area contributed by atoms with Gasteiger partial charge in [-0.3, -0.25) is 4.79 Å².